The first-order valence-electron chi connectivity index (χ1n) is 10.8. The molecule has 0 unspecified atom stereocenters. The molecule has 2 aliphatic heterocycles. The second-order valence-electron chi connectivity index (χ2n) is 8.22. The fourth-order valence-electron chi connectivity index (χ4n) is 4.58. The van der Waals surface area contributed by atoms with Crippen LogP contribution < -0.4 is 5.32 Å². The van der Waals surface area contributed by atoms with Crippen LogP contribution in [0.5, 0.6) is 0 Å². The summed E-state index contributed by atoms with van der Waals surface area (Å²) in [5.74, 6) is 0. The lowest BCUT2D eigenvalue weighted by Crippen LogP contribution is -2.53. The number of imidazole rings is 1. The van der Waals surface area contributed by atoms with E-state index < -0.39 is 0 Å². The third-order valence-electron chi connectivity index (χ3n) is 6.14. The van der Waals surface area contributed by atoms with Crippen molar-refractivity contribution in [3.05, 3.63) is 43.5 Å². The smallest absolute Gasteiger partial charge is 0.318 e. The van der Waals surface area contributed by atoms with Crippen LogP contribution in [0.1, 0.15) is 31.4 Å². The van der Waals surface area contributed by atoms with Gasteiger partial charge in [0.2, 0.25) is 0 Å². The molecule has 0 atom stereocenters. The van der Waals surface area contributed by atoms with Gasteiger partial charge >= 0.3 is 6.03 Å². The number of nitrogens with zero attached hydrogens (tertiary/aromatic N) is 5. The molecule has 2 saturated heterocycles. The molecule has 1 N–H and O–H groups in total. The number of aromatic nitrogens is 2. The van der Waals surface area contributed by atoms with E-state index in [1.807, 2.05) is 28.9 Å². The van der Waals surface area contributed by atoms with Gasteiger partial charge < -0.3 is 19.7 Å². The highest BCUT2D eigenvalue weighted by Gasteiger charge is 2.31. The van der Waals surface area contributed by atoms with Crippen molar-refractivity contribution in [2.24, 2.45) is 7.05 Å². The van der Waals surface area contributed by atoms with Gasteiger partial charge in [0.15, 0.2) is 0 Å². The predicted octanol–water partition coefficient (Wildman–Crippen LogP) is 2.23. The Hall–Kier alpha value is -2.12. The zero-order valence-corrected chi connectivity index (χ0v) is 17.8. The Bertz CT molecular complexity index is 671. The first kappa shape index (κ1) is 21.6. The van der Waals surface area contributed by atoms with Gasteiger partial charge in [-0.2, -0.15) is 0 Å². The molecule has 160 valence electrons. The summed E-state index contributed by atoms with van der Waals surface area (Å²) in [7, 11) is 2.02. The van der Waals surface area contributed by atoms with Gasteiger partial charge in [0.05, 0.1) is 12.0 Å². The summed E-state index contributed by atoms with van der Waals surface area (Å²) in [6.07, 6.45) is 12.0. The fraction of sp³-hybridized carbons (Fsp3) is 0.636. The largest absolute Gasteiger partial charge is 0.340 e. The third-order valence-corrected chi connectivity index (χ3v) is 6.14. The van der Waals surface area contributed by atoms with E-state index in [2.05, 4.69) is 39.5 Å². The van der Waals surface area contributed by atoms with Gasteiger partial charge in [-0.05, 0) is 25.7 Å². The van der Waals surface area contributed by atoms with Crippen LogP contribution in [0.25, 0.3) is 0 Å². The molecule has 29 heavy (non-hydrogen) atoms. The molecular formula is C22H36N6O. The van der Waals surface area contributed by atoms with E-state index in [1.165, 1.54) is 12.8 Å². The molecule has 3 rings (SSSR count). The number of carbonyl (C=O) groups is 1. The first-order valence-corrected chi connectivity index (χ1v) is 10.8. The van der Waals surface area contributed by atoms with E-state index in [9.17, 15) is 4.79 Å². The van der Waals surface area contributed by atoms with Crippen molar-refractivity contribution >= 4 is 6.03 Å². The number of piperidine rings is 2. The van der Waals surface area contributed by atoms with Crippen LogP contribution in [0.2, 0.25) is 0 Å². The highest BCUT2D eigenvalue weighted by Crippen LogP contribution is 2.24. The molecule has 2 fully saturated rings. The van der Waals surface area contributed by atoms with Crippen molar-refractivity contribution in [3.63, 3.8) is 0 Å². The maximum absolute atomic E-state index is 12.5. The molecule has 7 nitrogen and oxygen atoms in total. The van der Waals surface area contributed by atoms with E-state index in [0.717, 1.165) is 51.3 Å². The van der Waals surface area contributed by atoms with Crippen molar-refractivity contribution in [1.29, 1.82) is 0 Å². The van der Waals surface area contributed by atoms with Gasteiger partial charge in [0.1, 0.15) is 0 Å². The van der Waals surface area contributed by atoms with Crippen molar-refractivity contribution in [1.82, 2.24) is 29.6 Å². The van der Waals surface area contributed by atoms with Gasteiger partial charge in [-0.3, -0.25) is 4.90 Å². The zero-order valence-electron chi connectivity index (χ0n) is 17.8. The molecule has 7 heteroatoms. The summed E-state index contributed by atoms with van der Waals surface area (Å²) < 4.78 is 2.01. The molecule has 1 aromatic heterocycles. The maximum Gasteiger partial charge on any atom is 0.318 e. The van der Waals surface area contributed by atoms with Gasteiger partial charge in [-0.25, -0.2) is 9.78 Å². The number of nitrogens with one attached hydrogen (secondary N) is 1. The van der Waals surface area contributed by atoms with Crippen LogP contribution in [0, 0.1) is 0 Å². The number of hydrogen-bond donors (Lipinski definition) is 1. The third kappa shape index (κ3) is 5.93. The van der Waals surface area contributed by atoms with Gasteiger partial charge in [-0.1, -0.05) is 12.2 Å². The summed E-state index contributed by atoms with van der Waals surface area (Å²) in [4.78, 5) is 24.0. The van der Waals surface area contributed by atoms with Crippen molar-refractivity contribution in [2.75, 3.05) is 39.3 Å². The molecule has 2 amide bonds. The molecule has 0 radical (unpaired) electrons. The molecule has 2 aliphatic rings. The standard InChI is InChI=1S/C22H36N6O/c1-4-10-23-22(29)28(11-5-2)21-8-14-27(15-9-21)20-6-12-26(13-7-20)17-19-16-25(3)18-24-19/h4-5,16,18,20-21H,1-2,6-15,17H2,3H3,(H,23,29). The lowest BCUT2D eigenvalue weighted by molar-refractivity contribution is 0.0636. The zero-order chi connectivity index (χ0) is 20.6. The number of carbonyl (C=O) groups excluding carboxylic acids is 1. The Morgan fingerprint density at radius 3 is 2.52 bits per heavy atom. The summed E-state index contributed by atoms with van der Waals surface area (Å²) in [6, 6.07) is 0.947. The van der Waals surface area contributed by atoms with Crippen LogP contribution in [0.3, 0.4) is 0 Å². The Balaban J connectivity index is 1.43. The highest BCUT2D eigenvalue weighted by atomic mass is 16.2. The van der Waals surface area contributed by atoms with E-state index >= 15 is 0 Å². The average Bonchev–Trinajstić information content (AvgIpc) is 3.15. The quantitative estimate of drug-likeness (QED) is 0.680. The minimum Gasteiger partial charge on any atom is -0.340 e. The molecule has 0 bridgehead atoms. The lowest BCUT2D eigenvalue weighted by Gasteiger charge is -2.43. The number of rotatable bonds is 8. The number of amides is 2. The number of hydrogen-bond acceptors (Lipinski definition) is 4. The van der Waals surface area contributed by atoms with Crippen LogP contribution >= 0.6 is 0 Å². The number of urea groups is 1. The molecule has 0 aromatic carbocycles. The Morgan fingerprint density at radius 1 is 1.21 bits per heavy atom. The van der Waals surface area contributed by atoms with E-state index in [0.29, 0.717) is 25.2 Å². The SMILES string of the molecule is C=CCNC(=O)N(CC=C)C1CCN(C2CCN(Cc3cn(C)cn3)CC2)CC1. The number of aryl methyl sites for hydroxylation is 1. The fourth-order valence-corrected chi connectivity index (χ4v) is 4.58. The van der Waals surface area contributed by atoms with Crippen LogP contribution in [-0.4, -0.2) is 81.6 Å². The molecule has 3 heterocycles. The normalized spacial score (nSPS) is 19.8. The van der Waals surface area contributed by atoms with Crippen molar-refractivity contribution in [3.8, 4) is 0 Å². The summed E-state index contributed by atoms with van der Waals surface area (Å²) in [5.41, 5.74) is 1.16. The monoisotopic (exact) mass is 400 g/mol. The van der Waals surface area contributed by atoms with Gasteiger partial charge in [0, 0.05) is 71.1 Å². The van der Waals surface area contributed by atoms with E-state index in [4.69, 9.17) is 0 Å². The topological polar surface area (TPSA) is 56.6 Å². The van der Waals surface area contributed by atoms with Gasteiger partial charge in [0.25, 0.3) is 0 Å². The molecule has 1 aromatic rings. The summed E-state index contributed by atoms with van der Waals surface area (Å²) in [5, 5.41) is 2.91. The number of likely N-dealkylation sites (tertiary alicyclic amines) is 2. The van der Waals surface area contributed by atoms with E-state index in [-0.39, 0.29) is 6.03 Å². The summed E-state index contributed by atoms with van der Waals surface area (Å²) in [6.45, 7) is 13.9. The highest BCUT2D eigenvalue weighted by molar-refractivity contribution is 5.74. The van der Waals surface area contributed by atoms with Crippen LogP contribution in [0.15, 0.2) is 37.8 Å². The molecule has 0 saturated carbocycles. The predicted molar refractivity (Wildman–Crippen MR) is 117 cm³/mol. The van der Waals surface area contributed by atoms with E-state index in [1.54, 1.807) is 6.08 Å². The Morgan fingerprint density at radius 2 is 1.93 bits per heavy atom. The minimum absolute atomic E-state index is 0.00826. The maximum atomic E-state index is 12.5. The van der Waals surface area contributed by atoms with Crippen molar-refractivity contribution in [2.45, 2.75) is 44.3 Å². The van der Waals surface area contributed by atoms with Crippen LogP contribution in [0.4, 0.5) is 4.79 Å². The first-order chi connectivity index (χ1) is 14.1. The van der Waals surface area contributed by atoms with Gasteiger partial charge in [-0.15, -0.1) is 13.2 Å². The molecule has 0 aliphatic carbocycles. The Kier molecular flexibility index (Phi) is 7.89. The molecule has 0 spiro atoms. The van der Waals surface area contributed by atoms with Crippen molar-refractivity contribution < 1.29 is 4.79 Å². The van der Waals surface area contributed by atoms with Crippen LogP contribution in [-0.2, 0) is 13.6 Å². The second kappa shape index (κ2) is 10.6. The lowest BCUT2D eigenvalue weighted by atomic mass is 9.97. The molecular weight excluding hydrogens is 364 g/mol. The average molecular weight is 401 g/mol. The Labute approximate surface area is 175 Å². The minimum atomic E-state index is -0.00826. The second-order valence-corrected chi connectivity index (χ2v) is 8.22. The summed E-state index contributed by atoms with van der Waals surface area (Å²) >= 11 is 0.